The Hall–Kier alpha value is -4.12. The number of carboxylic acid groups (broad SMARTS) is 1. The van der Waals surface area contributed by atoms with Crippen molar-refractivity contribution in [2.24, 2.45) is 0 Å². The maximum absolute atomic E-state index is 11.0. The molecule has 6 rings (SSSR count). The van der Waals surface area contributed by atoms with E-state index in [2.05, 4.69) is 84.6 Å². The summed E-state index contributed by atoms with van der Waals surface area (Å²) in [5.74, 6) is -0.202. The first-order chi connectivity index (χ1) is 18.5. The first-order valence-electron chi connectivity index (χ1n) is 13.5. The molecular formula is C33H33N3O2. The van der Waals surface area contributed by atoms with Crippen LogP contribution < -0.4 is 4.90 Å². The number of hydrogen-bond donors (Lipinski definition) is 1. The molecule has 1 aromatic heterocycles. The number of carbonyl (C=O) groups is 1. The molecule has 1 saturated carbocycles. The second-order valence-corrected chi connectivity index (χ2v) is 10.6. The predicted molar refractivity (Wildman–Crippen MR) is 152 cm³/mol. The van der Waals surface area contributed by atoms with Crippen LogP contribution in [0.15, 0.2) is 85.2 Å². The lowest BCUT2D eigenvalue weighted by atomic mass is 9.83. The molecule has 0 amide bonds. The molecule has 1 N–H and O–H groups in total. The quantitative estimate of drug-likeness (QED) is 0.274. The number of aliphatic carboxylic acids is 1. The van der Waals surface area contributed by atoms with Gasteiger partial charge < -0.3 is 10.0 Å². The van der Waals surface area contributed by atoms with E-state index in [1.54, 1.807) is 6.08 Å². The Morgan fingerprint density at radius 2 is 1.74 bits per heavy atom. The van der Waals surface area contributed by atoms with Gasteiger partial charge in [-0.3, -0.25) is 4.68 Å². The Kier molecular flexibility index (Phi) is 6.36. The fraction of sp³-hybridized carbons (Fsp3) is 0.273. The van der Waals surface area contributed by atoms with E-state index in [1.807, 2.05) is 23.0 Å². The van der Waals surface area contributed by atoms with Crippen molar-refractivity contribution >= 4 is 17.7 Å². The van der Waals surface area contributed by atoms with Gasteiger partial charge in [0.05, 0.1) is 12.2 Å². The summed E-state index contributed by atoms with van der Waals surface area (Å²) >= 11 is 0. The first-order valence-corrected chi connectivity index (χ1v) is 13.5. The van der Waals surface area contributed by atoms with Crippen LogP contribution in [0.5, 0.6) is 0 Å². The highest BCUT2D eigenvalue weighted by Crippen LogP contribution is 2.44. The second-order valence-electron chi connectivity index (χ2n) is 10.6. The molecule has 192 valence electrons. The molecule has 4 aromatic rings. The molecule has 3 aromatic carbocycles. The van der Waals surface area contributed by atoms with E-state index in [-0.39, 0.29) is 6.04 Å². The molecule has 0 bridgehead atoms. The topological polar surface area (TPSA) is 58.4 Å². The predicted octanol–water partition coefficient (Wildman–Crippen LogP) is 7.09. The Balaban J connectivity index is 1.41. The fourth-order valence-corrected chi connectivity index (χ4v) is 5.77. The highest BCUT2D eigenvalue weighted by molar-refractivity contribution is 5.85. The monoisotopic (exact) mass is 503 g/mol. The summed E-state index contributed by atoms with van der Waals surface area (Å²) in [7, 11) is 0. The van der Waals surface area contributed by atoms with Crippen molar-refractivity contribution in [2.45, 2.75) is 57.7 Å². The number of hydrogen-bond acceptors (Lipinski definition) is 3. The minimum Gasteiger partial charge on any atom is -0.478 e. The summed E-state index contributed by atoms with van der Waals surface area (Å²) in [6.07, 6.45) is 10.5. The summed E-state index contributed by atoms with van der Waals surface area (Å²) in [5.41, 5.74) is 9.78. The van der Waals surface area contributed by atoms with Gasteiger partial charge in [-0.1, -0.05) is 54.6 Å². The van der Waals surface area contributed by atoms with Gasteiger partial charge in [0.25, 0.3) is 0 Å². The number of anilines is 1. The Morgan fingerprint density at radius 3 is 2.39 bits per heavy atom. The van der Waals surface area contributed by atoms with Crippen LogP contribution in [-0.2, 0) is 17.8 Å². The Labute approximate surface area is 224 Å². The third-order valence-corrected chi connectivity index (χ3v) is 7.91. The van der Waals surface area contributed by atoms with Crippen LogP contribution in [0.4, 0.5) is 5.69 Å². The van der Waals surface area contributed by atoms with E-state index in [0.717, 1.165) is 30.0 Å². The van der Waals surface area contributed by atoms with Crippen LogP contribution in [0.3, 0.4) is 0 Å². The van der Waals surface area contributed by atoms with Gasteiger partial charge in [0, 0.05) is 36.1 Å². The van der Waals surface area contributed by atoms with Gasteiger partial charge in [-0.25, -0.2) is 4.79 Å². The lowest BCUT2D eigenvalue weighted by molar-refractivity contribution is -0.131. The van der Waals surface area contributed by atoms with E-state index in [1.165, 1.54) is 52.4 Å². The van der Waals surface area contributed by atoms with Gasteiger partial charge in [-0.2, -0.15) is 5.10 Å². The van der Waals surface area contributed by atoms with Gasteiger partial charge in [0.1, 0.15) is 0 Å². The number of carboxylic acids is 1. The molecule has 0 spiro atoms. The van der Waals surface area contributed by atoms with Crippen LogP contribution in [0, 0.1) is 0 Å². The lowest BCUT2D eigenvalue weighted by Gasteiger charge is -2.44. The van der Waals surface area contributed by atoms with Crippen molar-refractivity contribution in [2.75, 3.05) is 4.90 Å². The smallest absolute Gasteiger partial charge is 0.328 e. The number of aryl methyl sites for hydroxylation is 1. The molecule has 2 heterocycles. The summed E-state index contributed by atoms with van der Waals surface area (Å²) in [4.78, 5) is 13.5. The van der Waals surface area contributed by atoms with Gasteiger partial charge in [0.15, 0.2) is 0 Å². The van der Waals surface area contributed by atoms with Gasteiger partial charge in [-0.15, -0.1) is 0 Å². The average molecular weight is 504 g/mol. The molecule has 0 radical (unpaired) electrons. The van der Waals surface area contributed by atoms with Crippen molar-refractivity contribution in [1.29, 1.82) is 0 Å². The number of nitrogens with zero attached hydrogens (tertiary/aromatic N) is 3. The van der Waals surface area contributed by atoms with Crippen LogP contribution in [-0.4, -0.2) is 26.9 Å². The maximum atomic E-state index is 11.0. The molecule has 1 aliphatic heterocycles. The van der Waals surface area contributed by atoms with Crippen molar-refractivity contribution < 1.29 is 9.90 Å². The van der Waals surface area contributed by atoms with E-state index in [9.17, 15) is 4.79 Å². The Bertz CT molecular complexity index is 1480. The standard InChI is InChI=1S/C33H33N3O2/c1-3-35-21-29(20-34-35)27-13-16-31-28(19-27)18-22(2)36(30-14-11-25(12-15-30)24-9-10-24)33(31)26-7-4-23(5-8-26)6-17-32(37)38/h4-8,11-17,19-22,24,33H,3,9-10,18H2,1-2H3,(H,37,38)/b17-6+/t22-,33-/m0/s1. The molecule has 0 unspecified atom stereocenters. The third kappa shape index (κ3) is 4.76. The number of benzene rings is 3. The van der Waals surface area contributed by atoms with Crippen LogP contribution >= 0.6 is 0 Å². The van der Waals surface area contributed by atoms with Crippen LogP contribution in [0.25, 0.3) is 17.2 Å². The van der Waals surface area contributed by atoms with E-state index in [4.69, 9.17) is 5.11 Å². The lowest BCUT2D eigenvalue weighted by Crippen LogP contribution is -2.42. The zero-order chi connectivity index (χ0) is 26.2. The van der Waals surface area contributed by atoms with E-state index >= 15 is 0 Å². The summed E-state index contributed by atoms with van der Waals surface area (Å²) in [6.45, 7) is 5.27. The molecule has 1 aliphatic carbocycles. The molecule has 0 saturated heterocycles. The minimum absolute atomic E-state index is 0.0606. The summed E-state index contributed by atoms with van der Waals surface area (Å²) in [5, 5.41) is 13.5. The second kappa shape index (κ2) is 9.97. The highest BCUT2D eigenvalue weighted by Gasteiger charge is 2.34. The number of rotatable bonds is 7. The highest BCUT2D eigenvalue weighted by atomic mass is 16.4. The summed E-state index contributed by atoms with van der Waals surface area (Å²) in [6, 6.07) is 24.7. The maximum Gasteiger partial charge on any atom is 0.328 e. The van der Waals surface area contributed by atoms with Crippen molar-refractivity contribution in [3.05, 3.63) is 113 Å². The molecule has 5 heteroatoms. The molecular weight excluding hydrogens is 470 g/mol. The zero-order valence-corrected chi connectivity index (χ0v) is 21.9. The first kappa shape index (κ1) is 24.2. The van der Waals surface area contributed by atoms with Crippen molar-refractivity contribution in [3.8, 4) is 11.1 Å². The van der Waals surface area contributed by atoms with E-state index in [0.29, 0.717) is 6.04 Å². The number of aromatic nitrogens is 2. The van der Waals surface area contributed by atoms with Crippen LogP contribution in [0.2, 0.25) is 0 Å². The Morgan fingerprint density at radius 1 is 1.00 bits per heavy atom. The summed E-state index contributed by atoms with van der Waals surface area (Å²) < 4.78 is 1.97. The zero-order valence-electron chi connectivity index (χ0n) is 21.9. The van der Waals surface area contributed by atoms with Crippen LogP contribution in [0.1, 0.15) is 66.5 Å². The van der Waals surface area contributed by atoms with Gasteiger partial charge >= 0.3 is 5.97 Å². The van der Waals surface area contributed by atoms with E-state index < -0.39 is 5.97 Å². The van der Waals surface area contributed by atoms with Gasteiger partial charge in [-0.05, 0) is 90.6 Å². The number of fused-ring (bicyclic) bond motifs is 1. The minimum atomic E-state index is -0.940. The van der Waals surface area contributed by atoms with Gasteiger partial charge in [0.2, 0.25) is 0 Å². The SMILES string of the molecule is CCn1cc(-c2ccc3c(c2)C[C@H](C)N(c2ccc(C4CC4)cc2)[C@H]3c2ccc(/C=C/C(=O)O)cc2)cn1. The molecule has 2 atom stereocenters. The molecule has 5 nitrogen and oxygen atoms in total. The van der Waals surface area contributed by atoms with Crippen molar-refractivity contribution in [3.63, 3.8) is 0 Å². The normalized spacial score (nSPS) is 19.1. The fourth-order valence-electron chi connectivity index (χ4n) is 5.77. The molecule has 2 aliphatic rings. The largest absolute Gasteiger partial charge is 0.478 e. The average Bonchev–Trinajstić information content (AvgIpc) is 3.67. The third-order valence-electron chi connectivity index (χ3n) is 7.91. The van der Waals surface area contributed by atoms with Crippen molar-refractivity contribution in [1.82, 2.24) is 9.78 Å². The molecule has 38 heavy (non-hydrogen) atoms. The molecule has 1 fully saturated rings.